The first-order valence-corrected chi connectivity index (χ1v) is 9.18. The molecular formula is C16H17F2N5O4S. The van der Waals surface area contributed by atoms with Crippen LogP contribution in [0.15, 0.2) is 30.5 Å². The largest absolute Gasteiger partial charge is 0.320 e. The Balaban J connectivity index is 2.27. The first-order valence-electron chi connectivity index (χ1n) is 7.74. The van der Waals surface area contributed by atoms with Crippen molar-refractivity contribution in [2.24, 2.45) is 0 Å². The number of halogens is 2. The maximum Gasteiger partial charge on any atom is 0.301 e. The number of aromatic nitrogens is 1. The number of hydrogen-bond acceptors (Lipinski definition) is 5. The minimum atomic E-state index is -4.06. The Bertz CT molecular complexity index is 1010. The first-order chi connectivity index (χ1) is 13.0. The van der Waals surface area contributed by atoms with Crippen LogP contribution in [-0.4, -0.2) is 43.6 Å². The summed E-state index contributed by atoms with van der Waals surface area (Å²) in [7, 11) is -1.62. The van der Waals surface area contributed by atoms with Crippen molar-refractivity contribution in [1.29, 1.82) is 0 Å². The van der Waals surface area contributed by atoms with Crippen molar-refractivity contribution in [1.82, 2.24) is 9.29 Å². The molecule has 0 aliphatic heterocycles. The van der Waals surface area contributed by atoms with Crippen LogP contribution in [0.25, 0.3) is 0 Å². The highest BCUT2D eigenvalue weighted by Gasteiger charge is 2.24. The molecule has 2 amide bonds. The molecule has 0 fully saturated rings. The molecule has 1 aromatic heterocycles. The molecule has 0 radical (unpaired) electrons. The van der Waals surface area contributed by atoms with E-state index in [0.29, 0.717) is 0 Å². The molecule has 0 unspecified atom stereocenters. The van der Waals surface area contributed by atoms with Gasteiger partial charge in [0.05, 0.1) is 17.6 Å². The van der Waals surface area contributed by atoms with E-state index in [1.54, 1.807) is 0 Å². The standard InChI is InChI=1S/C16H17F2N5O4S/c1-9(24)20-13-7-4-10(8-19-13)21-16(25)14-11(17)5-6-12(15(14)18)22-28(26,27)23(2)3/h4-8,22H,1-3H3,(H,21,25)(H,19,20,24). The second-order valence-electron chi connectivity index (χ2n) is 5.74. The summed E-state index contributed by atoms with van der Waals surface area (Å²) in [5.41, 5.74) is -1.44. The van der Waals surface area contributed by atoms with Crippen molar-refractivity contribution in [2.45, 2.75) is 6.92 Å². The fourth-order valence-corrected chi connectivity index (χ4v) is 2.60. The van der Waals surface area contributed by atoms with Crippen molar-refractivity contribution >= 4 is 39.2 Å². The molecular weight excluding hydrogens is 396 g/mol. The number of amides is 2. The van der Waals surface area contributed by atoms with Crippen LogP contribution in [0.5, 0.6) is 0 Å². The van der Waals surface area contributed by atoms with E-state index in [2.05, 4.69) is 15.6 Å². The number of rotatable bonds is 6. The van der Waals surface area contributed by atoms with E-state index in [0.717, 1.165) is 16.4 Å². The monoisotopic (exact) mass is 413 g/mol. The molecule has 0 aliphatic carbocycles. The Kier molecular flexibility index (Phi) is 6.26. The summed E-state index contributed by atoms with van der Waals surface area (Å²) in [6.07, 6.45) is 1.18. The third kappa shape index (κ3) is 4.98. The second-order valence-corrected chi connectivity index (χ2v) is 7.63. The smallest absolute Gasteiger partial charge is 0.301 e. The van der Waals surface area contributed by atoms with Gasteiger partial charge in [-0.15, -0.1) is 0 Å². The minimum absolute atomic E-state index is 0.108. The molecule has 28 heavy (non-hydrogen) atoms. The molecule has 0 bridgehead atoms. The van der Waals surface area contributed by atoms with Gasteiger partial charge in [0.25, 0.3) is 5.91 Å². The van der Waals surface area contributed by atoms with E-state index < -0.39 is 39.0 Å². The Morgan fingerprint density at radius 2 is 1.75 bits per heavy atom. The van der Waals surface area contributed by atoms with Crippen LogP contribution >= 0.6 is 0 Å². The molecule has 2 rings (SSSR count). The predicted molar refractivity (Wildman–Crippen MR) is 99.1 cm³/mol. The Hall–Kier alpha value is -3.12. The van der Waals surface area contributed by atoms with E-state index in [1.807, 2.05) is 4.72 Å². The highest BCUT2D eigenvalue weighted by atomic mass is 32.2. The highest BCUT2D eigenvalue weighted by molar-refractivity contribution is 7.90. The number of benzene rings is 1. The lowest BCUT2D eigenvalue weighted by Crippen LogP contribution is -2.29. The molecule has 0 spiro atoms. The summed E-state index contributed by atoms with van der Waals surface area (Å²) in [6, 6.07) is 4.38. The van der Waals surface area contributed by atoms with Gasteiger partial charge in [0.15, 0.2) is 5.82 Å². The lowest BCUT2D eigenvalue weighted by Gasteiger charge is -2.15. The van der Waals surface area contributed by atoms with Crippen LogP contribution in [-0.2, 0) is 15.0 Å². The maximum absolute atomic E-state index is 14.6. The molecule has 150 valence electrons. The van der Waals surface area contributed by atoms with Gasteiger partial charge in [0, 0.05) is 21.0 Å². The van der Waals surface area contributed by atoms with Crippen LogP contribution in [0.2, 0.25) is 0 Å². The van der Waals surface area contributed by atoms with Gasteiger partial charge in [0.2, 0.25) is 5.91 Å². The van der Waals surface area contributed by atoms with Crippen molar-refractivity contribution in [2.75, 3.05) is 29.5 Å². The fraction of sp³-hybridized carbons (Fsp3) is 0.188. The SMILES string of the molecule is CC(=O)Nc1ccc(NC(=O)c2c(F)ccc(NS(=O)(=O)N(C)C)c2F)cn1. The third-order valence-electron chi connectivity index (χ3n) is 3.36. The molecule has 0 saturated heterocycles. The number of pyridine rings is 1. The van der Waals surface area contributed by atoms with Crippen LogP contribution in [0.1, 0.15) is 17.3 Å². The summed E-state index contributed by atoms with van der Waals surface area (Å²) >= 11 is 0. The van der Waals surface area contributed by atoms with Crippen molar-refractivity contribution in [3.8, 4) is 0 Å². The average Bonchev–Trinajstić information content (AvgIpc) is 2.58. The Morgan fingerprint density at radius 3 is 2.29 bits per heavy atom. The van der Waals surface area contributed by atoms with Gasteiger partial charge in [-0.05, 0) is 24.3 Å². The predicted octanol–water partition coefficient (Wildman–Crippen LogP) is 1.79. The quantitative estimate of drug-likeness (QED) is 0.667. The lowest BCUT2D eigenvalue weighted by molar-refractivity contribution is -0.114. The second kappa shape index (κ2) is 8.27. The van der Waals surface area contributed by atoms with Gasteiger partial charge in [-0.3, -0.25) is 14.3 Å². The normalized spacial score (nSPS) is 11.2. The number of carbonyl (C=O) groups is 2. The third-order valence-corrected chi connectivity index (χ3v) is 4.80. The van der Waals surface area contributed by atoms with E-state index in [9.17, 15) is 26.8 Å². The van der Waals surface area contributed by atoms with Crippen molar-refractivity contribution < 1.29 is 26.8 Å². The zero-order valence-electron chi connectivity index (χ0n) is 15.1. The van der Waals surface area contributed by atoms with E-state index in [1.165, 1.54) is 39.3 Å². The van der Waals surface area contributed by atoms with Gasteiger partial charge < -0.3 is 10.6 Å². The summed E-state index contributed by atoms with van der Waals surface area (Å²) in [6.45, 7) is 1.29. The van der Waals surface area contributed by atoms with Gasteiger partial charge >= 0.3 is 10.2 Å². The Morgan fingerprint density at radius 1 is 1.07 bits per heavy atom. The van der Waals surface area contributed by atoms with Crippen LogP contribution in [0, 0.1) is 11.6 Å². The number of nitrogens with zero attached hydrogens (tertiary/aromatic N) is 2. The molecule has 1 heterocycles. The van der Waals surface area contributed by atoms with E-state index in [4.69, 9.17) is 0 Å². The minimum Gasteiger partial charge on any atom is -0.320 e. The van der Waals surface area contributed by atoms with Crippen molar-refractivity contribution in [3.05, 3.63) is 47.7 Å². The van der Waals surface area contributed by atoms with Crippen molar-refractivity contribution in [3.63, 3.8) is 0 Å². The molecule has 12 heteroatoms. The van der Waals surface area contributed by atoms with Crippen LogP contribution in [0.3, 0.4) is 0 Å². The highest BCUT2D eigenvalue weighted by Crippen LogP contribution is 2.24. The Labute approximate surface area is 159 Å². The number of carbonyl (C=O) groups excluding carboxylic acids is 2. The first kappa shape index (κ1) is 21.2. The van der Waals surface area contributed by atoms with E-state index >= 15 is 0 Å². The zero-order valence-corrected chi connectivity index (χ0v) is 15.9. The molecule has 0 atom stereocenters. The molecule has 3 N–H and O–H groups in total. The number of anilines is 3. The van der Waals surface area contributed by atoms with Gasteiger partial charge in [-0.25, -0.2) is 13.8 Å². The number of hydrogen-bond donors (Lipinski definition) is 3. The molecule has 9 nitrogen and oxygen atoms in total. The molecule has 1 aromatic carbocycles. The summed E-state index contributed by atoms with van der Waals surface area (Å²) in [5, 5.41) is 4.67. The number of nitrogens with one attached hydrogen (secondary N) is 3. The summed E-state index contributed by atoms with van der Waals surface area (Å²) < 4.78 is 55.0. The lowest BCUT2D eigenvalue weighted by atomic mass is 10.1. The molecule has 0 saturated carbocycles. The summed E-state index contributed by atoms with van der Waals surface area (Å²) in [5.74, 6) is -3.81. The maximum atomic E-state index is 14.6. The van der Waals surface area contributed by atoms with Gasteiger partial charge in [-0.1, -0.05) is 0 Å². The van der Waals surface area contributed by atoms with Gasteiger partial charge in [0.1, 0.15) is 17.2 Å². The fourth-order valence-electron chi connectivity index (χ4n) is 1.99. The topological polar surface area (TPSA) is 120 Å². The summed E-state index contributed by atoms with van der Waals surface area (Å²) in [4.78, 5) is 27.1. The molecule has 0 aliphatic rings. The van der Waals surface area contributed by atoms with E-state index in [-0.39, 0.29) is 17.4 Å². The van der Waals surface area contributed by atoms with Crippen LogP contribution < -0.4 is 15.4 Å². The van der Waals surface area contributed by atoms with Gasteiger partial charge in [-0.2, -0.15) is 12.7 Å². The zero-order chi connectivity index (χ0) is 21.1. The average molecular weight is 413 g/mol. The van der Waals surface area contributed by atoms with Crippen LogP contribution in [0.4, 0.5) is 26.0 Å². The molecule has 2 aromatic rings.